The van der Waals surface area contributed by atoms with Gasteiger partial charge in [0.1, 0.15) is 0 Å². The summed E-state index contributed by atoms with van der Waals surface area (Å²) >= 11 is 1.66. The summed E-state index contributed by atoms with van der Waals surface area (Å²) in [6.07, 6.45) is 0. The molecule has 0 saturated heterocycles. The van der Waals surface area contributed by atoms with Crippen molar-refractivity contribution < 1.29 is 9.53 Å². The summed E-state index contributed by atoms with van der Waals surface area (Å²) < 4.78 is 4.69. The van der Waals surface area contributed by atoms with Crippen molar-refractivity contribution in [1.29, 1.82) is 0 Å². The van der Waals surface area contributed by atoms with Gasteiger partial charge < -0.3 is 21.5 Å². The number of hydrogen-bond acceptors (Lipinski definition) is 6. The molecule has 0 fully saturated rings. The summed E-state index contributed by atoms with van der Waals surface area (Å²) in [7, 11) is 1.37. The normalized spacial score (nSPS) is 10.4. The number of ether oxygens (including phenoxy) is 1. The van der Waals surface area contributed by atoms with Crippen LogP contribution >= 0.6 is 11.3 Å². The maximum atomic E-state index is 11.4. The number of benzene rings is 2. The zero-order valence-electron chi connectivity index (χ0n) is 13.8. The molecule has 0 bridgehead atoms. The standard InChI is InChI=1S/C19H19N3O2S/c1-24-19(23)12-2-5-15(6-3-12)22-10-16-8-13(11-25-16)17-9-14(20)4-7-18(17)21/h2-9,11,22H,10,20-21H2,1H3. The SMILES string of the molecule is COC(=O)c1ccc(NCc2cc(-c3cc(N)ccc3N)cs2)cc1. The lowest BCUT2D eigenvalue weighted by molar-refractivity contribution is 0.0601. The van der Waals surface area contributed by atoms with Gasteiger partial charge in [0.2, 0.25) is 0 Å². The van der Waals surface area contributed by atoms with Crippen LogP contribution in [0.1, 0.15) is 15.2 Å². The molecule has 0 radical (unpaired) electrons. The Bertz CT molecular complexity index is 888. The van der Waals surface area contributed by atoms with Gasteiger partial charge in [-0.25, -0.2) is 4.79 Å². The average Bonchev–Trinajstić information content (AvgIpc) is 3.10. The van der Waals surface area contributed by atoms with Crippen LogP contribution in [0.5, 0.6) is 0 Å². The van der Waals surface area contributed by atoms with Crippen molar-refractivity contribution in [3.05, 3.63) is 64.4 Å². The first-order valence-electron chi connectivity index (χ1n) is 7.72. The second-order valence-electron chi connectivity index (χ2n) is 5.57. The summed E-state index contributed by atoms with van der Waals surface area (Å²) in [6, 6.07) is 14.8. The molecule has 128 valence electrons. The molecule has 6 heteroatoms. The van der Waals surface area contributed by atoms with Gasteiger partial charge in [0.05, 0.1) is 12.7 Å². The van der Waals surface area contributed by atoms with E-state index < -0.39 is 0 Å². The number of nitrogen functional groups attached to an aromatic ring is 2. The van der Waals surface area contributed by atoms with E-state index in [9.17, 15) is 4.79 Å². The van der Waals surface area contributed by atoms with E-state index in [1.807, 2.05) is 24.3 Å². The Kier molecular flexibility index (Phi) is 4.90. The van der Waals surface area contributed by atoms with Gasteiger partial charge in [-0.15, -0.1) is 11.3 Å². The quantitative estimate of drug-likeness (QED) is 0.477. The molecule has 0 saturated carbocycles. The molecular weight excluding hydrogens is 334 g/mol. The van der Waals surface area contributed by atoms with Gasteiger partial charge in [0.15, 0.2) is 0 Å². The van der Waals surface area contributed by atoms with Crippen LogP contribution in [0.25, 0.3) is 11.1 Å². The van der Waals surface area contributed by atoms with Crippen LogP contribution in [0.2, 0.25) is 0 Å². The molecule has 0 aliphatic rings. The number of carbonyl (C=O) groups excluding carboxylic acids is 1. The zero-order chi connectivity index (χ0) is 17.8. The number of esters is 1. The van der Waals surface area contributed by atoms with Gasteiger partial charge in [-0.3, -0.25) is 0 Å². The number of rotatable bonds is 5. The van der Waals surface area contributed by atoms with E-state index in [0.29, 0.717) is 23.5 Å². The monoisotopic (exact) mass is 353 g/mol. The Balaban J connectivity index is 1.68. The number of carbonyl (C=O) groups is 1. The molecule has 0 aliphatic carbocycles. The van der Waals surface area contributed by atoms with Gasteiger partial charge in [-0.1, -0.05) is 0 Å². The molecule has 0 aliphatic heterocycles. The minimum Gasteiger partial charge on any atom is -0.465 e. The Morgan fingerprint density at radius 1 is 1.12 bits per heavy atom. The maximum absolute atomic E-state index is 11.4. The lowest BCUT2D eigenvalue weighted by Gasteiger charge is -2.06. The second-order valence-corrected chi connectivity index (χ2v) is 6.57. The predicted molar refractivity (Wildman–Crippen MR) is 104 cm³/mol. The number of methoxy groups -OCH3 is 1. The third kappa shape index (κ3) is 3.92. The Labute approximate surface area is 150 Å². The first kappa shape index (κ1) is 16.9. The van der Waals surface area contributed by atoms with Crippen molar-refractivity contribution >= 4 is 34.4 Å². The van der Waals surface area contributed by atoms with Crippen LogP contribution < -0.4 is 16.8 Å². The van der Waals surface area contributed by atoms with E-state index >= 15 is 0 Å². The molecule has 0 unspecified atom stereocenters. The minimum atomic E-state index is -0.339. The van der Waals surface area contributed by atoms with Crippen molar-refractivity contribution in [3.63, 3.8) is 0 Å². The molecule has 5 nitrogen and oxygen atoms in total. The largest absolute Gasteiger partial charge is 0.465 e. The highest BCUT2D eigenvalue weighted by molar-refractivity contribution is 7.10. The molecule has 3 rings (SSSR count). The van der Waals surface area contributed by atoms with E-state index in [1.165, 1.54) is 12.0 Å². The summed E-state index contributed by atoms with van der Waals surface area (Å²) in [5.74, 6) is -0.339. The van der Waals surface area contributed by atoms with E-state index in [2.05, 4.69) is 16.8 Å². The molecule has 2 aromatic carbocycles. The lowest BCUT2D eigenvalue weighted by Crippen LogP contribution is -2.02. The van der Waals surface area contributed by atoms with Crippen LogP contribution in [-0.2, 0) is 11.3 Å². The van der Waals surface area contributed by atoms with E-state index in [4.69, 9.17) is 16.2 Å². The predicted octanol–water partition coefficient (Wildman–Crippen LogP) is 3.98. The van der Waals surface area contributed by atoms with Crippen molar-refractivity contribution in [3.8, 4) is 11.1 Å². The minimum absolute atomic E-state index is 0.339. The van der Waals surface area contributed by atoms with E-state index in [0.717, 1.165) is 16.8 Å². The lowest BCUT2D eigenvalue weighted by atomic mass is 10.1. The van der Waals surface area contributed by atoms with Crippen molar-refractivity contribution in [1.82, 2.24) is 0 Å². The van der Waals surface area contributed by atoms with Gasteiger partial charge >= 0.3 is 5.97 Å². The number of anilines is 3. The van der Waals surface area contributed by atoms with E-state index in [-0.39, 0.29) is 5.97 Å². The highest BCUT2D eigenvalue weighted by atomic mass is 32.1. The fourth-order valence-electron chi connectivity index (χ4n) is 2.47. The fourth-order valence-corrected chi connectivity index (χ4v) is 3.29. The number of nitrogens with one attached hydrogen (secondary N) is 1. The van der Waals surface area contributed by atoms with Crippen LogP contribution in [0.3, 0.4) is 0 Å². The van der Waals surface area contributed by atoms with Crippen LogP contribution in [0.4, 0.5) is 17.1 Å². The molecule has 5 N–H and O–H groups in total. The number of thiophene rings is 1. The third-order valence-corrected chi connectivity index (χ3v) is 4.75. The zero-order valence-corrected chi connectivity index (χ0v) is 14.6. The first-order chi connectivity index (χ1) is 12.1. The van der Waals surface area contributed by atoms with Crippen LogP contribution in [0.15, 0.2) is 53.9 Å². The average molecular weight is 353 g/mol. The summed E-state index contributed by atoms with van der Waals surface area (Å²) in [6.45, 7) is 0.685. The van der Waals surface area contributed by atoms with Gasteiger partial charge in [0, 0.05) is 34.0 Å². The fraction of sp³-hybridized carbons (Fsp3) is 0.105. The summed E-state index contributed by atoms with van der Waals surface area (Å²) in [5, 5.41) is 5.41. The topological polar surface area (TPSA) is 90.4 Å². The highest BCUT2D eigenvalue weighted by Crippen LogP contribution is 2.31. The Morgan fingerprint density at radius 3 is 2.60 bits per heavy atom. The van der Waals surface area contributed by atoms with Gasteiger partial charge in [0.25, 0.3) is 0 Å². The molecular formula is C19H19N3O2S. The molecule has 0 atom stereocenters. The van der Waals surface area contributed by atoms with Crippen molar-refractivity contribution in [2.75, 3.05) is 23.9 Å². The molecule has 0 spiro atoms. The Morgan fingerprint density at radius 2 is 1.88 bits per heavy atom. The molecule has 1 heterocycles. The molecule has 0 amide bonds. The third-order valence-electron chi connectivity index (χ3n) is 3.81. The van der Waals surface area contributed by atoms with E-state index in [1.54, 1.807) is 29.5 Å². The smallest absolute Gasteiger partial charge is 0.337 e. The molecule has 1 aromatic heterocycles. The van der Waals surface area contributed by atoms with Crippen LogP contribution in [0, 0.1) is 0 Å². The summed E-state index contributed by atoms with van der Waals surface area (Å²) in [5.41, 5.74) is 16.8. The number of nitrogens with two attached hydrogens (primary N) is 2. The van der Waals surface area contributed by atoms with Gasteiger partial charge in [-0.05, 0) is 59.5 Å². The maximum Gasteiger partial charge on any atom is 0.337 e. The second kappa shape index (κ2) is 7.27. The molecule has 25 heavy (non-hydrogen) atoms. The Hall–Kier alpha value is -2.99. The highest BCUT2D eigenvalue weighted by Gasteiger charge is 2.07. The molecule has 3 aromatic rings. The van der Waals surface area contributed by atoms with Crippen LogP contribution in [-0.4, -0.2) is 13.1 Å². The number of hydrogen-bond donors (Lipinski definition) is 3. The van der Waals surface area contributed by atoms with Gasteiger partial charge in [-0.2, -0.15) is 0 Å². The van der Waals surface area contributed by atoms with Crippen molar-refractivity contribution in [2.45, 2.75) is 6.54 Å². The first-order valence-corrected chi connectivity index (χ1v) is 8.60. The van der Waals surface area contributed by atoms with Crippen molar-refractivity contribution in [2.24, 2.45) is 0 Å². The summed E-state index contributed by atoms with van der Waals surface area (Å²) in [4.78, 5) is 12.6.